The van der Waals surface area contributed by atoms with Crippen molar-refractivity contribution in [1.29, 1.82) is 0 Å². The standard InChI is InChI=1S/C21H16O4/c22-20(23)18-12-6-4-10-16(18)17-11-5-7-13-19(17)21(24)25-14-15-8-2-1-3-9-15/h1-13H,14H2,(H,22,23). The second-order valence-electron chi connectivity index (χ2n) is 5.46. The van der Waals surface area contributed by atoms with Gasteiger partial charge < -0.3 is 9.84 Å². The van der Waals surface area contributed by atoms with Gasteiger partial charge in [0, 0.05) is 0 Å². The molecule has 0 spiro atoms. The maximum atomic E-state index is 12.5. The van der Waals surface area contributed by atoms with Gasteiger partial charge in [0.2, 0.25) is 0 Å². The molecule has 0 saturated heterocycles. The van der Waals surface area contributed by atoms with Crippen LogP contribution in [0.15, 0.2) is 78.9 Å². The van der Waals surface area contributed by atoms with Crippen molar-refractivity contribution in [2.75, 3.05) is 0 Å². The molecule has 0 aliphatic carbocycles. The van der Waals surface area contributed by atoms with Crippen LogP contribution in [0, 0.1) is 0 Å². The van der Waals surface area contributed by atoms with Crippen molar-refractivity contribution >= 4 is 11.9 Å². The average Bonchev–Trinajstić information content (AvgIpc) is 2.67. The summed E-state index contributed by atoms with van der Waals surface area (Å²) in [5.41, 5.74) is 2.40. The van der Waals surface area contributed by atoms with Crippen LogP contribution >= 0.6 is 0 Å². The average molecular weight is 332 g/mol. The second kappa shape index (κ2) is 7.45. The Morgan fingerprint density at radius 2 is 1.24 bits per heavy atom. The van der Waals surface area contributed by atoms with Crippen LogP contribution in [-0.4, -0.2) is 17.0 Å². The number of carboxylic acids is 1. The summed E-state index contributed by atoms with van der Waals surface area (Å²) < 4.78 is 5.39. The van der Waals surface area contributed by atoms with Crippen molar-refractivity contribution in [1.82, 2.24) is 0 Å². The Balaban J connectivity index is 1.91. The molecule has 0 heterocycles. The zero-order valence-electron chi connectivity index (χ0n) is 13.4. The van der Waals surface area contributed by atoms with E-state index in [9.17, 15) is 14.7 Å². The maximum absolute atomic E-state index is 12.5. The molecule has 25 heavy (non-hydrogen) atoms. The predicted molar refractivity (Wildman–Crippen MR) is 94.4 cm³/mol. The summed E-state index contributed by atoms with van der Waals surface area (Å²) in [5, 5.41) is 9.39. The SMILES string of the molecule is O=C(O)c1ccccc1-c1ccccc1C(=O)OCc1ccccc1. The fourth-order valence-electron chi connectivity index (χ4n) is 2.60. The summed E-state index contributed by atoms with van der Waals surface area (Å²) in [6, 6.07) is 22.9. The fraction of sp³-hybridized carbons (Fsp3) is 0.0476. The first-order chi connectivity index (χ1) is 12.2. The molecule has 0 saturated carbocycles. The summed E-state index contributed by atoms with van der Waals surface area (Å²) in [6.07, 6.45) is 0. The van der Waals surface area contributed by atoms with Gasteiger partial charge in [-0.05, 0) is 28.8 Å². The lowest BCUT2D eigenvalue weighted by molar-refractivity contribution is 0.0473. The van der Waals surface area contributed by atoms with E-state index in [1.165, 1.54) is 6.07 Å². The second-order valence-corrected chi connectivity index (χ2v) is 5.46. The van der Waals surface area contributed by atoms with Gasteiger partial charge in [0.1, 0.15) is 6.61 Å². The molecular formula is C21H16O4. The quantitative estimate of drug-likeness (QED) is 0.703. The lowest BCUT2D eigenvalue weighted by Gasteiger charge is -2.12. The van der Waals surface area contributed by atoms with Crippen LogP contribution in [0.5, 0.6) is 0 Å². The smallest absolute Gasteiger partial charge is 0.339 e. The molecular weight excluding hydrogens is 316 g/mol. The van der Waals surface area contributed by atoms with Gasteiger partial charge in [0.25, 0.3) is 0 Å². The molecule has 0 amide bonds. The third-order valence-electron chi connectivity index (χ3n) is 3.81. The van der Waals surface area contributed by atoms with Crippen LogP contribution in [0.1, 0.15) is 26.3 Å². The summed E-state index contributed by atoms with van der Waals surface area (Å²) in [7, 11) is 0. The zero-order valence-corrected chi connectivity index (χ0v) is 13.4. The van der Waals surface area contributed by atoms with Crippen LogP contribution < -0.4 is 0 Å². The third-order valence-corrected chi connectivity index (χ3v) is 3.81. The number of carbonyl (C=O) groups excluding carboxylic acids is 1. The third kappa shape index (κ3) is 3.75. The predicted octanol–water partition coefficient (Wildman–Crippen LogP) is 4.41. The number of hydrogen-bond donors (Lipinski definition) is 1. The summed E-state index contributed by atoms with van der Waals surface area (Å²) in [4.78, 5) is 24.0. The fourth-order valence-corrected chi connectivity index (χ4v) is 2.60. The van der Waals surface area contributed by atoms with Crippen molar-refractivity contribution in [2.24, 2.45) is 0 Å². The lowest BCUT2D eigenvalue weighted by Crippen LogP contribution is -2.08. The normalized spacial score (nSPS) is 10.2. The maximum Gasteiger partial charge on any atom is 0.339 e. The Labute approximate surface area is 145 Å². The highest BCUT2D eigenvalue weighted by atomic mass is 16.5. The zero-order chi connectivity index (χ0) is 17.6. The molecule has 4 heteroatoms. The van der Waals surface area contributed by atoms with E-state index in [-0.39, 0.29) is 12.2 Å². The number of ether oxygens (including phenoxy) is 1. The Morgan fingerprint density at radius 1 is 0.720 bits per heavy atom. The molecule has 3 aromatic carbocycles. The largest absolute Gasteiger partial charge is 0.478 e. The van der Waals surface area contributed by atoms with Crippen LogP contribution in [0.4, 0.5) is 0 Å². The first-order valence-electron chi connectivity index (χ1n) is 7.79. The molecule has 124 valence electrons. The molecule has 1 N–H and O–H groups in total. The van der Waals surface area contributed by atoms with Gasteiger partial charge in [0.15, 0.2) is 0 Å². The Morgan fingerprint density at radius 3 is 1.88 bits per heavy atom. The highest BCUT2D eigenvalue weighted by Crippen LogP contribution is 2.28. The summed E-state index contributed by atoms with van der Waals surface area (Å²) in [6.45, 7) is 0.161. The molecule has 0 fully saturated rings. The first-order valence-corrected chi connectivity index (χ1v) is 7.79. The van der Waals surface area contributed by atoms with Crippen molar-refractivity contribution in [2.45, 2.75) is 6.61 Å². The van der Waals surface area contributed by atoms with Gasteiger partial charge in [-0.1, -0.05) is 66.7 Å². The summed E-state index contributed by atoms with van der Waals surface area (Å²) in [5.74, 6) is -1.53. The van der Waals surface area contributed by atoms with E-state index in [2.05, 4.69) is 0 Å². The number of carbonyl (C=O) groups is 2. The molecule has 0 aromatic heterocycles. The minimum Gasteiger partial charge on any atom is -0.478 e. The number of hydrogen-bond acceptors (Lipinski definition) is 3. The Bertz CT molecular complexity index is 901. The van der Waals surface area contributed by atoms with E-state index in [1.807, 2.05) is 30.3 Å². The molecule has 0 unspecified atom stereocenters. The van der Waals surface area contributed by atoms with Gasteiger partial charge in [-0.25, -0.2) is 9.59 Å². The number of rotatable bonds is 5. The van der Waals surface area contributed by atoms with Gasteiger partial charge in [-0.2, -0.15) is 0 Å². The topological polar surface area (TPSA) is 63.6 Å². The number of aromatic carboxylic acids is 1. The minimum absolute atomic E-state index is 0.144. The molecule has 0 aliphatic heterocycles. The van der Waals surface area contributed by atoms with Crippen LogP contribution in [0.2, 0.25) is 0 Å². The van der Waals surface area contributed by atoms with Crippen LogP contribution in [-0.2, 0) is 11.3 Å². The van der Waals surface area contributed by atoms with Crippen molar-refractivity contribution in [3.05, 3.63) is 95.6 Å². The van der Waals surface area contributed by atoms with E-state index in [1.54, 1.807) is 42.5 Å². The Kier molecular flexibility index (Phi) is 4.90. The number of benzene rings is 3. The van der Waals surface area contributed by atoms with Crippen LogP contribution in [0.25, 0.3) is 11.1 Å². The van der Waals surface area contributed by atoms with Crippen molar-refractivity contribution in [3.63, 3.8) is 0 Å². The molecule has 0 radical (unpaired) electrons. The van der Waals surface area contributed by atoms with E-state index in [4.69, 9.17) is 4.74 Å². The van der Waals surface area contributed by atoms with E-state index >= 15 is 0 Å². The van der Waals surface area contributed by atoms with E-state index in [0.717, 1.165) is 5.56 Å². The van der Waals surface area contributed by atoms with Gasteiger partial charge in [-0.15, -0.1) is 0 Å². The van der Waals surface area contributed by atoms with Gasteiger partial charge in [-0.3, -0.25) is 0 Å². The highest BCUT2D eigenvalue weighted by molar-refractivity contribution is 6.02. The summed E-state index contributed by atoms with van der Waals surface area (Å²) >= 11 is 0. The van der Waals surface area contributed by atoms with Gasteiger partial charge >= 0.3 is 11.9 Å². The molecule has 3 aromatic rings. The molecule has 0 aliphatic rings. The monoisotopic (exact) mass is 332 g/mol. The minimum atomic E-state index is -1.04. The molecule has 3 rings (SSSR count). The van der Waals surface area contributed by atoms with Gasteiger partial charge in [0.05, 0.1) is 11.1 Å². The number of esters is 1. The van der Waals surface area contributed by atoms with E-state index in [0.29, 0.717) is 16.7 Å². The van der Waals surface area contributed by atoms with E-state index < -0.39 is 11.9 Å². The molecule has 0 bridgehead atoms. The molecule has 4 nitrogen and oxygen atoms in total. The highest BCUT2D eigenvalue weighted by Gasteiger charge is 2.18. The van der Waals surface area contributed by atoms with Crippen molar-refractivity contribution in [3.8, 4) is 11.1 Å². The van der Waals surface area contributed by atoms with Crippen molar-refractivity contribution < 1.29 is 19.4 Å². The lowest BCUT2D eigenvalue weighted by atomic mass is 9.95. The number of carboxylic acid groups (broad SMARTS) is 1. The Hall–Kier alpha value is -3.40. The van der Waals surface area contributed by atoms with Crippen LogP contribution in [0.3, 0.4) is 0 Å². The first kappa shape index (κ1) is 16.5. The molecule has 0 atom stereocenters.